The zero-order chi connectivity index (χ0) is 8.39. The van der Waals surface area contributed by atoms with Crippen LogP contribution in [0.25, 0.3) is 5.69 Å². The van der Waals surface area contributed by atoms with Gasteiger partial charge in [0.2, 0.25) is 0 Å². The van der Waals surface area contributed by atoms with Gasteiger partial charge in [0.05, 0.1) is 11.9 Å². The van der Waals surface area contributed by atoms with E-state index in [0.717, 1.165) is 5.69 Å². The lowest BCUT2D eigenvalue weighted by Gasteiger charge is -1.97. The molecular weight excluding hydrogens is 174 g/mol. The highest BCUT2D eigenvalue weighted by atomic mass is 35.5. The minimum absolute atomic E-state index is 0.671. The number of aromatic nitrogens is 3. The van der Waals surface area contributed by atoms with Crippen molar-refractivity contribution in [2.24, 2.45) is 0 Å². The van der Waals surface area contributed by atoms with Gasteiger partial charge in [0.25, 0.3) is 0 Å². The molecule has 59 valence electrons. The Labute approximate surface area is 74.6 Å². The summed E-state index contributed by atoms with van der Waals surface area (Å²) in [6, 6.07) is 7.31. The summed E-state index contributed by atoms with van der Waals surface area (Å²) in [5.74, 6) is 0. The molecule has 0 aliphatic rings. The standard InChI is InChI=1S/C8H5ClN3/c9-7-2-1-3-8(6-7)12-10-4-5-11-12/h1-4,6H. The van der Waals surface area contributed by atoms with E-state index in [-0.39, 0.29) is 0 Å². The molecule has 1 radical (unpaired) electrons. The van der Waals surface area contributed by atoms with Crippen molar-refractivity contribution < 1.29 is 0 Å². The third-order valence-corrected chi connectivity index (χ3v) is 1.65. The summed E-state index contributed by atoms with van der Waals surface area (Å²) >= 11 is 5.78. The Bertz CT molecular complexity index is 370. The van der Waals surface area contributed by atoms with Gasteiger partial charge in [0.15, 0.2) is 0 Å². The second-order valence-electron chi connectivity index (χ2n) is 2.24. The van der Waals surface area contributed by atoms with Crippen LogP contribution in [0, 0.1) is 6.20 Å². The van der Waals surface area contributed by atoms with Gasteiger partial charge in [0, 0.05) is 5.02 Å². The fourth-order valence-electron chi connectivity index (χ4n) is 0.912. The fourth-order valence-corrected chi connectivity index (χ4v) is 1.10. The molecule has 0 spiro atoms. The van der Waals surface area contributed by atoms with Crippen molar-refractivity contribution in [1.82, 2.24) is 15.0 Å². The monoisotopic (exact) mass is 178 g/mol. The molecular formula is C8H5ClN3. The predicted octanol–water partition coefficient (Wildman–Crippen LogP) is 1.72. The molecule has 0 fully saturated rings. The van der Waals surface area contributed by atoms with Crippen LogP contribution < -0.4 is 0 Å². The Kier molecular flexibility index (Phi) is 1.80. The highest BCUT2D eigenvalue weighted by Crippen LogP contribution is 2.12. The molecule has 2 rings (SSSR count). The van der Waals surface area contributed by atoms with Crippen molar-refractivity contribution >= 4 is 11.6 Å². The van der Waals surface area contributed by atoms with Crippen LogP contribution in [0.4, 0.5) is 0 Å². The molecule has 1 aromatic carbocycles. The van der Waals surface area contributed by atoms with Gasteiger partial charge in [-0.1, -0.05) is 17.7 Å². The summed E-state index contributed by atoms with van der Waals surface area (Å²) < 4.78 is 0. The fraction of sp³-hybridized carbons (Fsp3) is 0. The van der Waals surface area contributed by atoms with Crippen molar-refractivity contribution in [2.75, 3.05) is 0 Å². The van der Waals surface area contributed by atoms with Crippen molar-refractivity contribution in [3.63, 3.8) is 0 Å². The third kappa shape index (κ3) is 1.31. The number of hydrogen-bond donors (Lipinski definition) is 0. The summed E-state index contributed by atoms with van der Waals surface area (Å²) in [6.07, 6.45) is 4.11. The SMILES string of the molecule is Clc1cccc(-n2n[c]cn2)c1. The first-order valence-corrected chi connectivity index (χ1v) is 3.78. The molecule has 2 aromatic rings. The predicted molar refractivity (Wildman–Crippen MR) is 45.2 cm³/mol. The lowest BCUT2D eigenvalue weighted by Crippen LogP contribution is -1.97. The number of rotatable bonds is 1. The van der Waals surface area contributed by atoms with Crippen molar-refractivity contribution in [3.8, 4) is 5.69 Å². The van der Waals surface area contributed by atoms with Gasteiger partial charge in [-0.2, -0.15) is 9.90 Å². The molecule has 0 saturated carbocycles. The van der Waals surface area contributed by atoms with E-state index in [1.165, 1.54) is 11.0 Å². The third-order valence-electron chi connectivity index (χ3n) is 1.42. The molecule has 0 amide bonds. The first-order chi connectivity index (χ1) is 5.86. The maximum Gasteiger partial charge on any atom is 0.135 e. The van der Waals surface area contributed by atoms with Gasteiger partial charge in [-0.3, -0.25) is 0 Å². The Morgan fingerprint density at radius 1 is 1.42 bits per heavy atom. The zero-order valence-corrected chi connectivity index (χ0v) is 6.86. The van der Waals surface area contributed by atoms with Crippen LogP contribution >= 0.6 is 11.6 Å². The lowest BCUT2D eigenvalue weighted by atomic mass is 10.3. The van der Waals surface area contributed by atoms with Crippen LogP contribution in [0.5, 0.6) is 0 Å². The summed E-state index contributed by atoms with van der Waals surface area (Å²) in [5, 5.41) is 8.44. The normalized spacial score (nSPS) is 10.1. The molecule has 1 aromatic heterocycles. The molecule has 0 aliphatic heterocycles. The van der Waals surface area contributed by atoms with E-state index < -0.39 is 0 Å². The second kappa shape index (κ2) is 2.95. The Balaban J connectivity index is 2.48. The molecule has 3 nitrogen and oxygen atoms in total. The minimum Gasteiger partial charge on any atom is -0.156 e. The van der Waals surface area contributed by atoms with E-state index in [1.54, 1.807) is 12.1 Å². The summed E-state index contributed by atoms with van der Waals surface area (Å²) in [4.78, 5) is 1.46. The molecule has 0 unspecified atom stereocenters. The summed E-state index contributed by atoms with van der Waals surface area (Å²) in [5.41, 5.74) is 0.837. The molecule has 1 heterocycles. The Morgan fingerprint density at radius 3 is 3.00 bits per heavy atom. The van der Waals surface area contributed by atoms with Crippen LogP contribution in [0.15, 0.2) is 30.5 Å². The van der Waals surface area contributed by atoms with E-state index in [4.69, 9.17) is 11.6 Å². The number of halogens is 1. The van der Waals surface area contributed by atoms with Gasteiger partial charge in [-0.05, 0) is 18.2 Å². The largest absolute Gasteiger partial charge is 0.156 e. The van der Waals surface area contributed by atoms with E-state index in [0.29, 0.717) is 5.02 Å². The smallest absolute Gasteiger partial charge is 0.135 e. The number of benzene rings is 1. The first-order valence-electron chi connectivity index (χ1n) is 3.40. The zero-order valence-electron chi connectivity index (χ0n) is 6.11. The quantitative estimate of drug-likeness (QED) is 0.666. The summed E-state index contributed by atoms with van der Waals surface area (Å²) in [6.45, 7) is 0. The van der Waals surface area contributed by atoms with E-state index in [9.17, 15) is 0 Å². The van der Waals surface area contributed by atoms with Crippen LogP contribution in [-0.2, 0) is 0 Å². The van der Waals surface area contributed by atoms with E-state index in [1.807, 2.05) is 12.1 Å². The lowest BCUT2D eigenvalue weighted by molar-refractivity contribution is 0.751. The van der Waals surface area contributed by atoms with Crippen LogP contribution in [-0.4, -0.2) is 15.0 Å². The first kappa shape index (κ1) is 7.31. The Morgan fingerprint density at radius 2 is 2.33 bits per heavy atom. The molecule has 0 N–H and O–H groups in total. The molecule has 0 bridgehead atoms. The van der Waals surface area contributed by atoms with E-state index in [2.05, 4.69) is 16.4 Å². The minimum atomic E-state index is 0.671. The van der Waals surface area contributed by atoms with Crippen molar-refractivity contribution in [3.05, 3.63) is 41.7 Å². The molecule has 4 heteroatoms. The number of hydrogen-bond acceptors (Lipinski definition) is 2. The maximum absolute atomic E-state index is 5.78. The Hall–Kier alpha value is -1.35. The number of nitrogens with zero attached hydrogens (tertiary/aromatic N) is 3. The average Bonchev–Trinajstić information content (AvgIpc) is 2.56. The van der Waals surface area contributed by atoms with Gasteiger partial charge >= 0.3 is 0 Å². The molecule has 12 heavy (non-hydrogen) atoms. The highest BCUT2D eigenvalue weighted by Gasteiger charge is 1.96. The van der Waals surface area contributed by atoms with Crippen molar-refractivity contribution in [2.45, 2.75) is 0 Å². The molecule has 0 saturated heterocycles. The van der Waals surface area contributed by atoms with Crippen molar-refractivity contribution in [1.29, 1.82) is 0 Å². The van der Waals surface area contributed by atoms with Gasteiger partial charge in [-0.25, -0.2) is 0 Å². The van der Waals surface area contributed by atoms with Crippen LogP contribution in [0.1, 0.15) is 0 Å². The van der Waals surface area contributed by atoms with Gasteiger partial charge in [-0.15, -0.1) is 5.10 Å². The topological polar surface area (TPSA) is 30.7 Å². The van der Waals surface area contributed by atoms with Gasteiger partial charge in [0.1, 0.15) is 6.20 Å². The average molecular weight is 179 g/mol. The van der Waals surface area contributed by atoms with Crippen LogP contribution in [0.3, 0.4) is 0 Å². The van der Waals surface area contributed by atoms with Crippen LogP contribution in [0.2, 0.25) is 5.02 Å². The second-order valence-corrected chi connectivity index (χ2v) is 2.68. The van der Waals surface area contributed by atoms with E-state index >= 15 is 0 Å². The highest BCUT2D eigenvalue weighted by molar-refractivity contribution is 6.30. The maximum atomic E-state index is 5.78. The molecule has 0 aliphatic carbocycles. The summed E-state index contributed by atoms with van der Waals surface area (Å²) in [7, 11) is 0. The molecule has 0 atom stereocenters. The van der Waals surface area contributed by atoms with Gasteiger partial charge < -0.3 is 0 Å².